The molecule has 0 aliphatic carbocycles. The minimum atomic E-state index is 0.869. The van der Waals surface area contributed by atoms with Gasteiger partial charge in [0.2, 0.25) is 0 Å². The normalized spacial score (nSPS) is 14.4. The molecule has 5 heteroatoms. The van der Waals surface area contributed by atoms with E-state index >= 15 is 0 Å². The van der Waals surface area contributed by atoms with Gasteiger partial charge in [-0.3, -0.25) is 4.98 Å². The largest absolute Gasteiger partial charge is 0.497 e. The number of nitrogens with zero attached hydrogens (tertiary/aromatic N) is 3. The zero-order chi connectivity index (χ0) is 22.6. The zero-order valence-corrected chi connectivity index (χ0v) is 19.3. The predicted octanol–water partition coefficient (Wildman–Crippen LogP) is 5.33. The highest BCUT2D eigenvalue weighted by atomic mass is 16.5. The van der Waals surface area contributed by atoms with E-state index in [1.54, 1.807) is 7.11 Å². The van der Waals surface area contributed by atoms with E-state index in [2.05, 4.69) is 81.7 Å². The molecule has 5 rings (SSSR count). The third-order valence-electron chi connectivity index (χ3n) is 6.39. The molecule has 4 aromatic rings. The van der Waals surface area contributed by atoms with Crippen molar-refractivity contribution in [3.63, 3.8) is 0 Å². The van der Waals surface area contributed by atoms with Gasteiger partial charge in [0.1, 0.15) is 5.75 Å². The molecule has 0 unspecified atom stereocenters. The summed E-state index contributed by atoms with van der Waals surface area (Å²) in [6.45, 7) is 4.38. The molecule has 3 aromatic carbocycles. The second-order valence-electron chi connectivity index (χ2n) is 8.70. The number of ether oxygens (including phenoxy) is 1. The van der Waals surface area contributed by atoms with E-state index in [4.69, 9.17) is 4.74 Å². The van der Waals surface area contributed by atoms with Gasteiger partial charge in [-0.15, -0.1) is 0 Å². The Morgan fingerprint density at radius 2 is 1.58 bits per heavy atom. The quantitative estimate of drug-likeness (QED) is 0.441. The van der Waals surface area contributed by atoms with E-state index in [0.29, 0.717) is 0 Å². The molecule has 0 bridgehead atoms. The van der Waals surface area contributed by atoms with Crippen molar-refractivity contribution in [2.75, 3.05) is 50.6 Å². The predicted molar refractivity (Wildman–Crippen MR) is 137 cm³/mol. The van der Waals surface area contributed by atoms with Crippen molar-refractivity contribution in [2.45, 2.75) is 6.42 Å². The number of likely N-dealkylation sites (N-methyl/N-ethyl adjacent to an activating group) is 1. The fraction of sp³-hybridized carbons (Fsp3) is 0.250. The SMILES string of the molecule is COc1ccc(Cc2ccc3nccc(Nc4ccc(N5CCN(C)CC5)cc4)c3c2)cc1. The fourth-order valence-corrected chi connectivity index (χ4v) is 4.37. The van der Waals surface area contributed by atoms with Crippen LogP contribution in [0.1, 0.15) is 11.1 Å². The van der Waals surface area contributed by atoms with Crippen LogP contribution in [0.4, 0.5) is 17.1 Å². The summed E-state index contributed by atoms with van der Waals surface area (Å²) >= 11 is 0. The van der Waals surface area contributed by atoms with Crippen molar-refractivity contribution in [1.82, 2.24) is 9.88 Å². The summed E-state index contributed by atoms with van der Waals surface area (Å²) in [5.74, 6) is 0.881. The first-order valence-electron chi connectivity index (χ1n) is 11.5. The minimum Gasteiger partial charge on any atom is -0.497 e. The van der Waals surface area contributed by atoms with Crippen LogP contribution in [-0.4, -0.2) is 50.2 Å². The van der Waals surface area contributed by atoms with Gasteiger partial charge >= 0.3 is 0 Å². The molecule has 168 valence electrons. The number of hydrogen-bond acceptors (Lipinski definition) is 5. The maximum atomic E-state index is 5.27. The van der Waals surface area contributed by atoms with E-state index in [9.17, 15) is 0 Å². The topological polar surface area (TPSA) is 40.6 Å². The third-order valence-corrected chi connectivity index (χ3v) is 6.39. The zero-order valence-electron chi connectivity index (χ0n) is 19.3. The molecule has 5 nitrogen and oxygen atoms in total. The Morgan fingerprint density at radius 3 is 2.30 bits per heavy atom. The van der Waals surface area contributed by atoms with Crippen LogP contribution in [0.25, 0.3) is 10.9 Å². The summed E-state index contributed by atoms with van der Waals surface area (Å²) in [6.07, 6.45) is 2.74. The summed E-state index contributed by atoms with van der Waals surface area (Å²) in [7, 11) is 3.88. The first kappa shape index (κ1) is 21.3. The van der Waals surface area contributed by atoms with Gasteiger partial charge < -0.3 is 19.9 Å². The van der Waals surface area contributed by atoms with Crippen LogP contribution in [-0.2, 0) is 6.42 Å². The average Bonchev–Trinajstić information content (AvgIpc) is 2.86. The van der Waals surface area contributed by atoms with Crippen LogP contribution in [0.2, 0.25) is 0 Å². The molecule has 0 amide bonds. The first-order valence-corrected chi connectivity index (χ1v) is 11.5. The van der Waals surface area contributed by atoms with Gasteiger partial charge in [0.25, 0.3) is 0 Å². The highest BCUT2D eigenvalue weighted by Gasteiger charge is 2.14. The van der Waals surface area contributed by atoms with Crippen LogP contribution in [0.5, 0.6) is 5.75 Å². The van der Waals surface area contributed by atoms with Gasteiger partial charge in [-0.1, -0.05) is 18.2 Å². The highest BCUT2D eigenvalue weighted by Crippen LogP contribution is 2.28. The molecule has 0 saturated carbocycles. The summed E-state index contributed by atoms with van der Waals surface area (Å²) in [4.78, 5) is 9.40. The first-order chi connectivity index (χ1) is 16.2. The minimum absolute atomic E-state index is 0.869. The molecule has 0 spiro atoms. The van der Waals surface area contributed by atoms with Crippen molar-refractivity contribution >= 4 is 28.0 Å². The third kappa shape index (κ3) is 4.94. The number of benzene rings is 3. The average molecular weight is 439 g/mol. The number of fused-ring (bicyclic) bond motifs is 1. The van der Waals surface area contributed by atoms with Crippen molar-refractivity contribution in [3.05, 3.63) is 90.1 Å². The number of hydrogen-bond donors (Lipinski definition) is 1. The smallest absolute Gasteiger partial charge is 0.118 e. The van der Waals surface area contributed by atoms with Crippen molar-refractivity contribution in [2.24, 2.45) is 0 Å². The van der Waals surface area contributed by atoms with Crippen molar-refractivity contribution in [3.8, 4) is 5.75 Å². The Kier molecular flexibility index (Phi) is 6.13. The Hall–Kier alpha value is -3.57. The molecule has 1 N–H and O–H groups in total. The van der Waals surface area contributed by atoms with Crippen molar-refractivity contribution < 1.29 is 4.74 Å². The van der Waals surface area contributed by atoms with Gasteiger partial charge in [-0.05, 0) is 79.2 Å². The lowest BCUT2D eigenvalue weighted by molar-refractivity contribution is 0.313. The number of piperazine rings is 1. The highest BCUT2D eigenvalue weighted by molar-refractivity contribution is 5.93. The Balaban J connectivity index is 1.34. The monoisotopic (exact) mass is 438 g/mol. The van der Waals surface area contributed by atoms with Gasteiger partial charge in [0.15, 0.2) is 0 Å². The molecule has 1 fully saturated rings. The molecule has 33 heavy (non-hydrogen) atoms. The van der Waals surface area contributed by atoms with Gasteiger partial charge in [0.05, 0.1) is 12.6 Å². The molecule has 1 aliphatic heterocycles. The summed E-state index contributed by atoms with van der Waals surface area (Å²) < 4.78 is 5.27. The van der Waals surface area contributed by atoms with E-state index in [1.807, 2.05) is 24.4 Å². The lowest BCUT2D eigenvalue weighted by atomic mass is 10.0. The van der Waals surface area contributed by atoms with Crippen LogP contribution >= 0.6 is 0 Å². The lowest BCUT2D eigenvalue weighted by Crippen LogP contribution is -2.44. The van der Waals surface area contributed by atoms with Crippen molar-refractivity contribution in [1.29, 1.82) is 0 Å². The number of pyridine rings is 1. The number of rotatable bonds is 6. The molecule has 0 radical (unpaired) electrons. The Labute approximate surface area is 195 Å². The second kappa shape index (κ2) is 9.51. The van der Waals surface area contributed by atoms with Crippen LogP contribution in [0.15, 0.2) is 79.0 Å². The number of aromatic nitrogens is 1. The summed E-state index contributed by atoms with van der Waals surface area (Å²) in [6, 6.07) is 25.6. The van der Waals surface area contributed by atoms with E-state index in [-0.39, 0.29) is 0 Å². The summed E-state index contributed by atoms with van der Waals surface area (Å²) in [5, 5.41) is 4.74. The van der Waals surface area contributed by atoms with Crippen LogP contribution < -0.4 is 15.0 Å². The standard InChI is InChI=1S/C28H30N4O/c1-31-15-17-32(18-16-31)24-8-6-23(7-9-24)30-28-13-14-29-27-12-5-22(20-26(27)28)19-21-3-10-25(33-2)11-4-21/h3-14,20H,15-19H2,1-2H3,(H,29,30). The molecule has 2 heterocycles. The van der Waals surface area contributed by atoms with Crippen LogP contribution in [0, 0.1) is 0 Å². The molecular formula is C28H30N4O. The summed E-state index contributed by atoms with van der Waals surface area (Å²) in [5.41, 5.74) is 6.95. The maximum absolute atomic E-state index is 5.27. The van der Waals surface area contributed by atoms with E-state index in [1.165, 1.54) is 16.8 Å². The molecule has 1 aromatic heterocycles. The second-order valence-corrected chi connectivity index (χ2v) is 8.70. The molecular weight excluding hydrogens is 408 g/mol. The van der Waals surface area contributed by atoms with Gasteiger partial charge in [-0.2, -0.15) is 0 Å². The Bertz CT molecular complexity index is 1210. The fourth-order valence-electron chi connectivity index (χ4n) is 4.37. The van der Waals surface area contributed by atoms with E-state index < -0.39 is 0 Å². The number of nitrogens with one attached hydrogen (secondary N) is 1. The molecule has 1 saturated heterocycles. The van der Waals surface area contributed by atoms with Gasteiger partial charge in [0, 0.05) is 54.8 Å². The lowest BCUT2D eigenvalue weighted by Gasteiger charge is -2.34. The van der Waals surface area contributed by atoms with E-state index in [0.717, 1.165) is 60.6 Å². The molecule has 0 atom stereocenters. The molecule has 1 aliphatic rings. The Morgan fingerprint density at radius 1 is 0.848 bits per heavy atom. The van der Waals surface area contributed by atoms with Crippen LogP contribution in [0.3, 0.4) is 0 Å². The maximum Gasteiger partial charge on any atom is 0.118 e. The number of methoxy groups -OCH3 is 1. The number of anilines is 3. The van der Waals surface area contributed by atoms with Gasteiger partial charge in [-0.25, -0.2) is 0 Å².